The summed E-state index contributed by atoms with van der Waals surface area (Å²) in [6.07, 6.45) is 0.668. The molecule has 1 atom stereocenters. The van der Waals surface area contributed by atoms with E-state index in [1.165, 1.54) is 0 Å². The lowest BCUT2D eigenvalue weighted by Crippen LogP contribution is -2.27. The Kier molecular flexibility index (Phi) is 6.79. The Bertz CT molecular complexity index is 479. The van der Waals surface area contributed by atoms with Crippen LogP contribution in [0, 0.1) is 0 Å². The average Bonchev–Trinajstić information content (AvgIpc) is 2.29. The lowest BCUT2D eigenvalue weighted by Gasteiger charge is -2.10. The van der Waals surface area contributed by atoms with Gasteiger partial charge in [0.05, 0.1) is 11.5 Å². The highest BCUT2D eigenvalue weighted by molar-refractivity contribution is 9.10. The molecule has 0 amide bonds. The lowest BCUT2D eigenvalue weighted by molar-refractivity contribution is 0.199. The van der Waals surface area contributed by atoms with Crippen LogP contribution in [0.2, 0.25) is 0 Å². The first kappa shape index (κ1) is 16.1. The number of sulfonamides is 1. The third kappa shape index (κ3) is 5.36. The summed E-state index contributed by atoms with van der Waals surface area (Å²) in [6.45, 7) is 0.923. The predicted molar refractivity (Wildman–Crippen MR) is 78.5 cm³/mol. The van der Waals surface area contributed by atoms with Crippen molar-refractivity contribution in [2.24, 2.45) is 0 Å². The van der Waals surface area contributed by atoms with Gasteiger partial charge in [0.1, 0.15) is 0 Å². The number of hydrogen-bond acceptors (Lipinski definition) is 3. The molecule has 18 heavy (non-hydrogen) atoms. The summed E-state index contributed by atoms with van der Waals surface area (Å²) in [4.78, 5) is 0.405. The second kappa shape index (κ2) is 7.59. The molecule has 0 bridgehead atoms. The number of hydrogen-bond donors (Lipinski definition) is 1. The minimum absolute atomic E-state index is 0.146. The van der Waals surface area contributed by atoms with Gasteiger partial charge in [0, 0.05) is 23.0 Å². The molecular formula is C11H15Br2NO3S. The van der Waals surface area contributed by atoms with E-state index >= 15 is 0 Å². The molecule has 0 saturated carbocycles. The molecule has 0 spiro atoms. The van der Waals surface area contributed by atoms with E-state index in [9.17, 15) is 8.42 Å². The standard InChI is InChI=1S/C11H15Br2NO3S/c1-17-8-10(13)5-6-14-18(15,16)11-4-2-3-9(12)7-11/h2-4,7,10,14H,5-6,8H2,1H3. The molecule has 1 aromatic carbocycles. The Labute approximate surface area is 124 Å². The summed E-state index contributed by atoms with van der Waals surface area (Å²) in [5.74, 6) is 0. The number of halogens is 2. The molecule has 1 rings (SSSR count). The van der Waals surface area contributed by atoms with Crippen molar-refractivity contribution in [3.05, 3.63) is 28.7 Å². The molecule has 0 aliphatic rings. The van der Waals surface area contributed by atoms with E-state index < -0.39 is 10.0 Å². The first-order valence-corrected chi connectivity index (χ1v) is 8.53. The van der Waals surface area contributed by atoms with Crippen molar-refractivity contribution in [3.63, 3.8) is 0 Å². The van der Waals surface area contributed by atoms with Crippen LogP contribution in [0.5, 0.6) is 0 Å². The van der Waals surface area contributed by atoms with E-state index in [4.69, 9.17) is 4.74 Å². The summed E-state index contributed by atoms with van der Waals surface area (Å²) in [6, 6.07) is 6.61. The van der Waals surface area contributed by atoms with Gasteiger partial charge in [-0.1, -0.05) is 37.9 Å². The zero-order valence-corrected chi connectivity index (χ0v) is 13.9. The third-order valence-electron chi connectivity index (χ3n) is 2.20. The molecule has 0 aromatic heterocycles. The Balaban J connectivity index is 2.55. The second-order valence-corrected chi connectivity index (χ2v) is 7.67. The maximum atomic E-state index is 11.9. The minimum atomic E-state index is -3.44. The molecular weight excluding hydrogens is 386 g/mol. The number of rotatable bonds is 7. The van der Waals surface area contributed by atoms with Gasteiger partial charge >= 0.3 is 0 Å². The van der Waals surface area contributed by atoms with Crippen LogP contribution in [-0.2, 0) is 14.8 Å². The monoisotopic (exact) mass is 399 g/mol. The topological polar surface area (TPSA) is 55.4 Å². The van der Waals surface area contributed by atoms with Crippen LogP contribution in [0.4, 0.5) is 0 Å². The van der Waals surface area contributed by atoms with Gasteiger partial charge in [0.15, 0.2) is 0 Å². The van der Waals surface area contributed by atoms with Gasteiger partial charge in [-0.15, -0.1) is 0 Å². The van der Waals surface area contributed by atoms with Gasteiger partial charge in [-0.2, -0.15) is 0 Å². The maximum Gasteiger partial charge on any atom is 0.240 e. The molecule has 0 saturated heterocycles. The molecule has 102 valence electrons. The van der Waals surface area contributed by atoms with E-state index in [0.717, 1.165) is 4.47 Å². The fourth-order valence-corrected chi connectivity index (χ4v) is 3.47. The second-order valence-electron chi connectivity index (χ2n) is 3.70. The highest BCUT2D eigenvalue weighted by atomic mass is 79.9. The van der Waals surface area contributed by atoms with Crippen LogP contribution >= 0.6 is 31.9 Å². The molecule has 0 aliphatic carbocycles. The molecule has 0 heterocycles. The summed E-state index contributed by atoms with van der Waals surface area (Å²) >= 11 is 6.66. The van der Waals surface area contributed by atoms with E-state index in [1.54, 1.807) is 31.4 Å². The summed E-state index contributed by atoms with van der Waals surface area (Å²) in [5, 5.41) is 0. The summed E-state index contributed by atoms with van der Waals surface area (Å²) < 4.78 is 32.1. The Morgan fingerprint density at radius 2 is 2.17 bits per heavy atom. The zero-order valence-electron chi connectivity index (χ0n) is 9.90. The average molecular weight is 401 g/mol. The van der Waals surface area contributed by atoms with Crippen molar-refractivity contribution in [3.8, 4) is 0 Å². The highest BCUT2D eigenvalue weighted by Gasteiger charge is 2.14. The van der Waals surface area contributed by atoms with Crippen LogP contribution in [0.25, 0.3) is 0 Å². The van der Waals surface area contributed by atoms with Gasteiger partial charge in [0.2, 0.25) is 10.0 Å². The van der Waals surface area contributed by atoms with Crippen LogP contribution in [0.1, 0.15) is 6.42 Å². The minimum Gasteiger partial charge on any atom is -0.384 e. The fourth-order valence-electron chi connectivity index (χ4n) is 1.33. The van der Waals surface area contributed by atoms with E-state index in [-0.39, 0.29) is 9.72 Å². The molecule has 0 radical (unpaired) electrons. The number of ether oxygens (including phenoxy) is 1. The van der Waals surface area contributed by atoms with Crippen LogP contribution in [0.15, 0.2) is 33.6 Å². The van der Waals surface area contributed by atoms with Gasteiger partial charge in [0.25, 0.3) is 0 Å². The molecule has 1 unspecified atom stereocenters. The van der Waals surface area contributed by atoms with Gasteiger partial charge in [-0.3, -0.25) is 0 Å². The SMILES string of the molecule is COCC(Br)CCNS(=O)(=O)c1cccc(Br)c1. The normalized spacial score (nSPS) is 13.5. The zero-order chi connectivity index (χ0) is 13.6. The van der Waals surface area contributed by atoms with Gasteiger partial charge in [-0.25, -0.2) is 13.1 Å². The number of methoxy groups -OCH3 is 1. The van der Waals surface area contributed by atoms with Crippen LogP contribution in [0.3, 0.4) is 0 Å². The molecule has 1 N–H and O–H groups in total. The van der Waals surface area contributed by atoms with Crippen LogP contribution in [-0.4, -0.2) is 33.5 Å². The third-order valence-corrected chi connectivity index (χ3v) is 4.88. The van der Waals surface area contributed by atoms with Crippen molar-refractivity contribution < 1.29 is 13.2 Å². The smallest absolute Gasteiger partial charge is 0.240 e. The molecule has 0 fully saturated rings. The number of alkyl halides is 1. The quantitative estimate of drug-likeness (QED) is 0.715. The van der Waals surface area contributed by atoms with Gasteiger partial charge < -0.3 is 4.74 Å². The molecule has 0 aliphatic heterocycles. The van der Waals surface area contributed by atoms with Crippen molar-refractivity contribution in [2.45, 2.75) is 16.1 Å². The van der Waals surface area contributed by atoms with E-state index in [2.05, 4.69) is 36.6 Å². The predicted octanol–water partition coefficient (Wildman–Crippen LogP) is 2.53. The number of benzene rings is 1. The first-order chi connectivity index (χ1) is 8.45. The van der Waals surface area contributed by atoms with E-state index in [0.29, 0.717) is 19.6 Å². The Hall–Kier alpha value is 0.0500. The van der Waals surface area contributed by atoms with Crippen molar-refractivity contribution in [1.29, 1.82) is 0 Å². The first-order valence-electron chi connectivity index (χ1n) is 5.34. The van der Waals surface area contributed by atoms with Crippen molar-refractivity contribution in [1.82, 2.24) is 4.72 Å². The summed E-state index contributed by atoms with van der Waals surface area (Å²) in [7, 11) is -1.82. The highest BCUT2D eigenvalue weighted by Crippen LogP contribution is 2.16. The van der Waals surface area contributed by atoms with Crippen molar-refractivity contribution >= 4 is 41.9 Å². The molecule has 1 aromatic rings. The fraction of sp³-hybridized carbons (Fsp3) is 0.455. The molecule has 7 heteroatoms. The maximum absolute atomic E-state index is 11.9. The Morgan fingerprint density at radius 3 is 2.78 bits per heavy atom. The molecule has 4 nitrogen and oxygen atoms in total. The van der Waals surface area contributed by atoms with Crippen molar-refractivity contribution in [2.75, 3.05) is 20.3 Å². The van der Waals surface area contributed by atoms with E-state index in [1.807, 2.05) is 0 Å². The van der Waals surface area contributed by atoms with Crippen LogP contribution < -0.4 is 4.72 Å². The summed E-state index contributed by atoms with van der Waals surface area (Å²) in [5.41, 5.74) is 0. The largest absolute Gasteiger partial charge is 0.384 e. The Morgan fingerprint density at radius 1 is 1.44 bits per heavy atom. The van der Waals surface area contributed by atoms with Gasteiger partial charge in [-0.05, 0) is 24.6 Å². The lowest BCUT2D eigenvalue weighted by atomic mass is 10.3. The number of nitrogens with one attached hydrogen (secondary N) is 1.